The summed E-state index contributed by atoms with van der Waals surface area (Å²) in [6.45, 7) is 14.9. The van der Waals surface area contributed by atoms with E-state index in [0.29, 0.717) is 24.1 Å². The quantitative estimate of drug-likeness (QED) is 0.110. The first-order valence-electron chi connectivity index (χ1n) is 18.5. The zero-order valence-electron chi connectivity index (χ0n) is 33.4. The summed E-state index contributed by atoms with van der Waals surface area (Å²) in [6, 6.07) is 7.04. The molecule has 1 aromatic heterocycles. The van der Waals surface area contributed by atoms with Gasteiger partial charge in [0.25, 0.3) is 5.91 Å². The average Bonchev–Trinajstić information content (AvgIpc) is 3.09. The third-order valence-corrected chi connectivity index (χ3v) is 9.30. The van der Waals surface area contributed by atoms with E-state index in [1.807, 2.05) is 30.3 Å². The van der Waals surface area contributed by atoms with Crippen molar-refractivity contribution in [1.82, 2.24) is 20.7 Å². The summed E-state index contributed by atoms with van der Waals surface area (Å²) in [5, 5.41) is 4.76. The van der Waals surface area contributed by atoms with Gasteiger partial charge in [-0.15, -0.1) is 0 Å². The highest BCUT2D eigenvalue weighted by atomic mass is 35.6. The van der Waals surface area contributed by atoms with Crippen LogP contribution in [0.25, 0.3) is 17.0 Å². The normalized spacial score (nSPS) is 16.9. The van der Waals surface area contributed by atoms with Crippen LogP contribution in [0.15, 0.2) is 36.4 Å². The van der Waals surface area contributed by atoms with Crippen LogP contribution in [0.4, 0.5) is 0 Å². The summed E-state index contributed by atoms with van der Waals surface area (Å²) < 4.78 is 14.0. The first kappa shape index (κ1) is 46.6. The number of hydrogen-bond acceptors (Lipinski definition) is 11. The summed E-state index contributed by atoms with van der Waals surface area (Å²) in [6.07, 6.45) is 3.13. The molecule has 16 heteroatoms. The van der Waals surface area contributed by atoms with E-state index in [9.17, 15) is 28.8 Å². The number of allylic oxidation sites excluding steroid dienone is 1. The van der Waals surface area contributed by atoms with E-state index < -0.39 is 81.7 Å². The van der Waals surface area contributed by atoms with E-state index in [4.69, 9.17) is 49.0 Å². The number of amides is 2. The Morgan fingerprint density at radius 1 is 1.00 bits per heavy atom. The molecule has 0 bridgehead atoms. The third-order valence-electron chi connectivity index (χ3n) is 8.98. The molecule has 1 saturated heterocycles. The number of esters is 3. The van der Waals surface area contributed by atoms with Gasteiger partial charge in [0.1, 0.15) is 36.2 Å². The predicted octanol–water partition coefficient (Wildman–Crippen LogP) is 6.76. The number of halogens is 3. The van der Waals surface area contributed by atoms with Crippen molar-refractivity contribution < 1.29 is 43.0 Å². The van der Waals surface area contributed by atoms with Crippen molar-refractivity contribution in [3.63, 3.8) is 0 Å². The standard InChI is InChI=1S/C40H53Cl3N4O9/c1-23(2)28(20-33(49)39(8,9)17-16-26-12-13-27-14-15-29(44-31(27)19-26)24(3)55-25(4)48)35(51)45-32(21-34(50)56-38(5,6)7)36(52)47-18-10-11-30(46-47)37(53)54-22-40(41,42)43/h12-17,19,23-24,28,30,32,46H,10-11,18,20-22H2,1-9H3,(H,45,51)/b17-16+/t24-,28+,30+,32+/m1/s1. The molecule has 308 valence electrons. The fourth-order valence-corrected chi connectivity index (χ4v) is 6.03. The van der Waals surface area contributed by atoms with Crippen LogP contribution in [0, 0.1) is 17.3 Å². The molecule has 3 rings (SSSR count). The van der Waals surface area contributed by atoms with Gasteiger partial charge in [-0.25, -0.2) is 10.4 Å². The van der Waals surface area contributed by atoms with Crippen molar-refractivity contribution >= 4 is 87.3 Å². The molecule has 56 heavy (non-hydrogen) atoms. The maximum absolute atomic E-state index is 13.9. The Hall–Kier alpha value is -3.78. The Morgan fingerprint density at radius 2 is 1.66 bits per heavy atom. The molecule has 2 aromatic rings. The van der Waals surface area contributed by atoms with Crippen molar-refractivity contribution in [2.75, 3.05) is 13.2 Å². The molecule has 0 aliphatic carbocycles. The van der Waals surface area contributed by atoms with Crippen molar-refractivity contribution in [2.24, 2.45) is 17.3 Å². The van der Waals surface area contributed by atoms with Gasteiger partial charge in [0.05, 0.1) is 17.6 Å². The van der Waals surface area contributed by atoms with E-state index >= 15 is 0 Å². The summed E-state index contributed by atoms with van der Waals surface area (Å²) in [5.41, 5.74) is 3.04. The summed E-state index contributed by atoms with van der Waals surface area (Å²) in [4.78, 5) is 83.4. The van der Waals surface area contributed by atoms with Crippen LogP contribution in [0.5, 0.6) is 0 Å². The van der Waals surface area contributed by atoms with Crippen LogP contribution in [0.1, 0.15) is 105 Å². The Balaban J connectivity index is 1.78. The molecular weight excluding hydrogens is 787 g/mol. The van der Waals surface area contributed by atoms with Crippen LogP contribution in [0.2, 0.25) is 0 Å². The number of Topliss-reactive ketones (excluding diaryl/α,β-unsaturated/α-hetero) is 1. The largest absolute Gasteiger partial charge is 0.460 e. The van der Waals surface area contributed by atoms with Crippen molar-refractivity contribution in [3.8, 4) is 0 Å². The average molecular weight is 840 g/mol. The number of carbonyl (C=O) groups excluding carboxylic acids is 6. The molecule has 0 saturated carbocycles. The van der Waals surface area contributed by atoms with Gasteiger partial charge in [-0.2, -0.15) is 0 Å². The number of benzene rings is 1. The number of nitrogens with one attached hydrogen (secondary N) is 2. The number of hydrazine groups is 1. The number of alkyl halides is 3. The second-order valence-corrected chi connectivity index (χ2v) is 18.4. The SMILES string of the molecule is CC(=O)O[C@H](C)c1ccc2ccc(/C=C/C(C)(C)C(=O)C[C@H](C(=O)N[C@@H](CC(=O)OC(C)(C)C)C(=O)N3CCC[C@@H](C(=O)OCC(Cl)(Cl)Cl)N3)C(C)C)cc2n1. The highest BCUT2D eigenvalue weighted by Crippen LogP contribution is 2.29. The monoisotopic (exact) mass is 838 g/mol. The second-order valence-electron chi connectivity index (χ2n) is 15.9. The lowest BCUT2D eigenvalue weighted by Crippen LogP contribution is -2.61. The smallest absolute Gasteiger partial charge is 0.325 e. The van der Waals surface area contributed by atoms with Crippen molar-refractivity contribution in [3.05, 3.63) is 47.7 Å². The number of pyridine rings is 1. The molecule has 1 fully saturated rings. The lowest BCUT2D eigenvalue weighted by Gasteiger charge is -2.35. The molecule has 2 amide bonds. The minimum absolute atomic E-state index is 0.149. The molecule has 1 aliphatic heterocycles. The first-order valence-corrected chi connectivity index (χ1v) is 19.6. The molecular formula is C40H53Cl3N4O9. The van der Waals surface area contributed by atoms with Crippen LogP contribution in [0.3, 0.4) is 0 Å². The number of nitrogens with zero attached hydrogens (tertiary/aromatic N) is 2. The molecule has 0 radical (unpaired) electrons. The van der Waals surface area contributed by atoms with E-state index in [-0.39, 0.29) is 24.7 Å². The molecule has 2 heterocycles. The predicted molar refractivity (Wildman–Crippen MR) is 214 cm³/mol. The number of rotatable bonds is 15. The first-order chi connectivity index (χ1) is 25.8. The number of ether oxygens (including phenoxy) is 3. The van der Waals surface area contributed by atoms with Gasteiger partial charge < -0.3 is 19.5 Å². The Labute approximate surface area is 343 Å². The van der Waals surface area contributed by atoms with Crippen molar-refractivity contribution in [1.29, 1.82) is 0 Å². The van der Waals surface area contributed by atoms with Crippen LogP contribution >= 0.6 is 34.8 Å². The fourth-order valence-electron chi connectivity index (χ4n) is 5.87. The lowest BCUT2D eigenvalue weighted by molar-refractivity contribution is -0.160. The number of hydrogen-bond donors (Lipinski definition) is 2. The van der Waals surface area contributed by atoms with Gasteiger partial charge in [0, 0.05) is 36.6 Å². The zero-order valence-corrected chi connectivity index (χ0v) is 35.6. The van der Waals surface area contributed by atoms with Gasteiger partial charge in [-0.1, -0.05) is 79.0 Å². The summed E-state index contributed by atoms with van der Waals surface area (Å²) in [7, 11) is 0. The van der Waals surface area contributed by atoms with Crippen molar-refractivity contribution in [2.45, 2.75) is 116 Å². The van der Waals surface area contributed by atoms with Gasteiger partial charge in [0.2, 0.25) is 9.70 Å². The number of ketones is 1. The Kier molecular flexibility index (Phi) is 16.3. The molecule has 0 spiro atoms. The number of fused-ring (bicyclic) bond motifs is 1. The summed E-state index contributed by atoms with van der Waals surface area (Å²) in [5.74, 6) is -4.55. The topological polar surface area (TPSA) is 170 Å². The van der Waals surface area contributed by atoms with Crippen LogP contribution in [-0.4, -0.2) is 80.1 Å². The molecule has 13 nitrogen and oxygen atoms in total. The Bertz CT molecular complexity index is 1800. The molecule has 4 atom stereocenters. The van der Waals surface area contributed by atoms with E-state index in [1.54, 1.807) is 67.5 Å². The third kappa shape index (κ3) is 14.6. The highest BCUT2D eigenvalue weighted by molar-refractivity contribution is 6.67. The number of aromatic nitrogens is 1. The highest BCUT2D eigenvalue weighted by Gasteiger charge is 2.38. The van der Waals surface area contributed by atoms with Crippen LogP contribution < -0.4 is 10.7 Å². The molecule has 0 unspecified atom stereocenters. The minimum atomic E-state index is -1.82. The van der Waals surface area contributed by atoms with Gasteiger partial charge in [-0.05, 0) is 78.0 Å². The van der Waals surface area contributed by atoms with Gasteiger partial charge in [-0.3, -0.25) is 33.8 Å². The lowest BCUT2D eigenvalue weighted by atomic mass is 9.79. The minimum Gasteiger partial charge on any atom is -0.460 e. The molecule has 1 aliphatic rings. The van der Waals surface area contributed by atoms with E-state index in [0.717, 1.165) is 16.0 Å². The van der Waals surface area contributed by atoms with Gasteiger partial charge >= 0.3 is 17.9 Å². The summed E-state index contributed by atoms with van der Waals surface area (Å²) >= 11 is 17.1. The zero-order chi connectivity index (χ0) is 42.2. The maximum atomic E-state index is 13.9. The van der Waals surface area contributed by atoms with Gasteiger partial charge in [0.15, 0.2) is 0 Å². The molecule has 2 N–H and O–H groups in total. The second kappa shape index (κ2) is 19.6. The number of carbonyl (C=O) groups is 6. The van der Waals surface area contributed by atoms with E-state index in [1.165, 1.54) is 6.92 Å². The fraction of sp³-hybridized carbons (Fsp3) is 0.575. The van der Waals surface area contributed by atoms with Crippen LogP contribution in [-0.2, 0) is 43.0 Å². The molecule has 1 aromatic carbocycles. The maximum Gasteiger partial charge on any atom is 0.325 e. The van der Waals surface area contributed by atoms with E-state index in [2.05, 4.69) is 15.7 Å². The Morgan fingerprint density at radius 3 is 2.27 bits per heavy atom.